The molecule has 0 unspecified atom stereocenters. The fraction of sp³-hybridized carbons (Fsp3) is 0.348. The molecule has 27 heavy (non-hydrogen) atoms. The summed E-state index contributed by atoms with van der Waals surface area (Å²) in [5.41, 5.74) is 2.78. The number of hydrogen-bond acceptors (Lipinski definition) is 2. The van der Waals surface area contributed by atoms with Crippen LogP contribution in [0.25, 0.3) is 5.52 Å². The molecule has 0 amide bonds. The number of aliphatic hydroxyl groups excluding tert-OH is 1. The molecule has 140 valence electrons. The first-order valence-corrected chi connectivity index (χ1v) is 9.67. The van der Waals surface area contributed by atoms with Crippen LogP contribution in [-0.4, -0.2) is 21.4 Å². The number of halogens is 1. The number of rotatable bonds is 5. The van der Waals surface area contributed by atoms with Crippen molar-refractivity contribution >= 4 is 11.3 Å². The van der Waals surface area contributed by atoms with Gasteiger partial charge in [0.2, 0.25) is 0 Å². The van der Waals surface area contributed by atoms with E-state index in [0.29, 0.717) is 17.5 Å². The van der Waals surface area contributed by atoms with Gasteiger partial charge in [-0.25, -0.2) is 4.39 Å². The Hall–Kier alpha value is -2.46. The van der Waals surface area contributed by atoms with Gasteiger partial charge in [0, 0.05) is 30.3 Å². The molecule has 1 aliphatic rings. The fourth-order valence-corrected chi connectivity index (χ4v) is 4.21. The number of aliphatic hydroxyl groups is 1. The first kappa shape index (κ1) is 17.9. The molecule has 0 bridgehead atoms. The van der Waals surface area contributed by atoms with Gasteiger partial charge in [-0.05, 0) is 42.5 Å². The molecule has 0 aliphatic heterocycles. The van der Waals surface area contributed by atoms with Gasteiger partial charge in [-0.15, -0.1) is 0 Å². The van der Waals surface area contributed by atoms with Crippen molar-refractivity contribution in [2.75, 3.05) is 0 Å². The number of carbonyl (C=O) groups excluding carboxylic acids is 1. The summed E-state index contributed by atoms with van der Waals surface area (Å²) in [5.74, 6) is -0.488. The highest BCUT2D eigenvalue weighted by Gasteiger charge is 2.27. The van der Waals surface area contributed by atoms with Crippen LogP contribution < -0.4 is 0 Å². The van der Waals surface area contributed by atoms with E-state index in [2.05, 4.69) is 0 Å². The molecule has 0 saturated heterocycles. The molecular weight excluding hydrogens is 341 g/mol. The van der Waals surface area contributed by atoms with E-state index in [4.69, 9.17) is 0 Å². The van der Waals surface area contributed by atoms with Crippen molar-refractivity contribution in [3.05, 3.63) is 77.4 Å². The quantitative estimate of drug-likeness (QED) is 0.660. The molecule has 3 aromatic rings. The second-order valence-electron chi connectivity index (χ2n) is 7.53. The van der Waals surface area contributed by atoms with Gasteiger partial charge in [-0.3, -0.25) is 4.79 Å². The zero-order valence-electron chi connectivity index (χ0n) is 15.3. The molecule has 2 heterocycles. The average molecular weight is 365 g/mol. The number of carbonyl (C=O) groups is 1. The summed E-state index contributed by atoms with van der Waals surface area (Å²) in [6, 6.07) is 14.8. The lowest BCUT2D eigenvalue weighted by atomic mass is 9.82. The largest absolute Gasteiger partial charge is 0.393 e. The number of benzene rings is 1. The summed E-state index contributed by atoms with van der Waals surface area (Å²) < 4.78 is 16.4. The first-order chi connectivity index (χ1) is 13.1. The van der Waals surface area contributed by atoms with E-state index in [9.17, 15) is 14.3 Å². The van der Waals surface area contributed by atoms with Gasteiger partial charge in [0.25, 0.3) is 0 Å². The van der Waals surface area contributed by atoms with Gasteiger partial charge in [-0.1, -0.05) is 43.2 Å². The molecule has 0 spiro atoms. The minimum Gasteiger partial charge on any atom is -0.393 e. The third kappa shape index (κ3) is 3.67. The number of hydrogen-bond donors (Lipinski definition) is 1. The maximum Gasteiger partial charge on any atom is 0.165 e. The monoisotopic (exact) mass is 365 g/mol. The molecule has 2 atom stereocenters. The van der Waals surface area contributed by atoms with Crippen molar-refractivity contribution in [1.29, 1.82) is 0 Å². The van der Waals surface area contributed by atoms with E-state index in [1.165, 1.54) is 6.07 Å². The Morgan fingerprint density at radius 3 is 2.67 bits per heavy atom. The predicted octanol–water partition coefficient (Wildman–Crippen LogP) is 4.79. The zero-order chi connectivity index (χ0) is 18.8. The van der Waals surface area contributed by atoms with E-state index < -0.39 is 6.10 Å². The summed E-state index contributed by atoms with van der Waals surface area (Å²) in [5, 5.41) is 10.2. The Morgan fingerprint density at radius 2 is 1.89 bits per heavy atom. The molecule has 2 aromatic heterocycles. The highest BCUT2D eigenvalue weighted by atomic mass is 19.1. The van der Waals surface area contributed by atoms with Crippen LogP contribution in [0.15, 0.2) is 54.7 Å². The highest BCUT2D eigenvalue weighted by Crippen LogP contribution is 2.30. The Balaban J connectivity index is 1.68. The Kier molecular flexibility index (Phi) is 5.08. The molecule has 1 aromatic carbocycles. The number of ketones is 1. The summed E-state index contributed by atoms with van der Waals surface area (Å²) in [6.07, 6.45) is 5.95. The van der Waals surface area contributed by atoms with Gasteiger partial charge >= 0.3 is 0 Å². The predicted molar refractivity (Wildman–Crippen MR) is 104 cm³/mol. The zero-order valence-corrected chi connectivity index (χ0v) is 15.3. The molecular formula is C23H24FNO2. The van der Waals surface area contributed by atoms with Crippen LogP contribution in [0.1, 0.15) is 53.7 Å². The fourth-order valence-electron chi connectivity index (χ4n) is 4.21. The van der Waals surface area contributed by atoms with Crippen LogP contribution in [0.5, 0.6) is 0 Å². The van der Waals surface area contributed by atoms with Crippen molar-refractivity contribution in [2.45, 2.75) is 44.6 Å². The Morgan fingerprint density at radius 1 is 1.11 bits per heavy atom. The normalized spacial score (nSPS) is 20.1. The van der Waals surface area contributed by atoms with Crippen molar-refractivity contribution < 1.29 is 14.3 Å². The van der Waals surface area contributed by atoms with Gasteiger partial charge in [0.05, 0.1) is 11.6 Å². The lowest BCUT2D eigenvalue weighted by Crippen LogP contribution is -2.26. The number of Topliss-reactive ketones (excluding diaryl/α,β-unsaturated/α-hetero) is 1. The summed E-state index contributed by atoms with van der Waals surface area (Å²) >= 11 is 0. The second-order valence-corrected chi connectivity index (χ2v) is 7.53. The van der Waals surface area contributed by atoms with Gasteiger partial charge in [0.1, 0.15) is 5.82 Å². The van der Waals surface area contributed by atoms with Crippen molar-refractivity contribution in [1.82, 2.24) is 4.40 Å². The van der Waals surface area contributed by atoms with Gasteiger partial charge < -0.3 is 9.51 Å². The third-order valence-corrected chi connectivity index (χ3v) is 5.67. The van der Waals surface area contributed by atoms with E-state index in [0.717, 1.165) is 36.9 Å². The van der Waals surface area contributed by atoms with Crippen LogP contribution in [0.4, 0.5) is 4.39 Å². The van der Waals surface area contributed by atoms with Gasteiger partial charge in [0.15, 0.2) is 5.78 Å². The van der Waals surface area contributed by atoms with Gasteiger partial charge in [-0.2, -0.15) is 0 Å². The lowest BCUT2D eigenvalue weighted by molar-refractivity contribution is 0.0584. The number of fused-ring (bicyclic) bond motifs is 1. The Bertz CT molecular complexity index is 948. The van der Waals surface area contributed by atoms with E-state index >= 15 is 0 Å². The molecule has 1 fully saturated rings. The maximum absolute atomic E-state index is 14.6. The average Bonchev–Trinajstić information content (AvgIpc) is 3.04. The number of aromatic nitrogens is 1. The van der Waals surface area contributed by atoms with Crippen molar-refractivity contribution in [3.8, 4) is 0 Å². The molecule has 3 nitrogen and oxygen atoms in total. The molecule has 4 heteroatoms. The SMILES string of the molecule is O=C(C[C@H]1CCCC[C@@H]1O)c1cc(Cc2ccccc2)n2cccc(F)c12. The topological polar surface area (TPSA) is 41.7 Å². The molecule has 1 saturated carbocycles. The van der Waals surface area contributed by atoms with Crippen molar-refractivity contribution in [2.24, 2.45) is 5.92 Å². The van der Waals surface area contributed by atoms with E-state index in [-0.39, 0.29) is 23.9 Å². The molecule has 1 N–H and O–H groups in total. The van der Waals surface area contributed by atoms with Crippen LogP contribution in [0.3, 0.4) is 0 Å². The van der Waals surface area contributed by atoms with Crippen LogP contribution in [0.2, 0.25) is 0 Å². The summed E-state index contributed by atoms with van der Waals surface area (Å²) in [4.78, 5) is 13.0. The van der Waals surface area contributed by atoms with Crippen LogP contribution in [-0.2, 0) is 6.42 Å². The standard InChI is InChI=1S/C23H24FNO2/c24-20-10-6-12-25-18(13-16-7-2-1-3-8-16)15-19(23(20)25)22(27)14-17-9-4-5-11-21(17)26/h1-3,6-8,10,12,15,17,21,26H,4-5,9,11,13-14H2/t17-,21+/m1/s1. The maximum atomic E-state index is 14.6. The van der Waals surface area contributed by atoms with Crippen molar-refractivity contribution in [3.63, 3.8) is 0 Å². The highest BCUT2D eigenvalue weighted by molar-refractivity contribution is 6.03. The Labute approximate surface area is 158 Å². The van der Waals surface area contributed by atoms with Crippen LogP contribution >= 0.6 is 0 Å². The molecule has 1 aliphatic carbocycles. The smallest absolute Gasteiger partial charge is 0.165 e. The van der Waals surface area contributed by atoms with Crippen LogP contribution in [0, 0.1) is 11.7 Å². The van der Waals surface area contributed by atoms with E-state index in [1.54, 1.807) is 10.5 Å². The molecule has 0 radical (unpaired) electrons. The minimum absolute atomic E-state index is 0.0226. The van der Waals surface area contributed by atoms with E-state index in [1.807, 2.05) is 42.6 Å². The number of nitrogens with zero attached hydrogens (tertiary/aromatic N) is 1. The molecule has 4 rings (SSSR count). The lowest BCUT2D eigenvalue weighted by Gasteiger charge is -2.26. The minimum atomic E-state index is -0.426. The first-order valence-electron chi connectivity index (χ1n) is 9.67. The second kappa shape index (κ2) is 7.65. The summed E-state index contributed by atoms with van der Waals surface area (Å²) in [7, 11) is 0. The summed E-state index contributed by atoms with van der Waals surface area (Å²) in [6.45, 7) is 0. The third-order valence-electron chi connectivity index (χ3n) is 5.67. The number of pyridine rings is 1.